The van der Waals surface area contributed by atoms with E-state index in [9.17, 15) is 9.18 Å². The highest BCUT2D eigenvalue weighted by Crippen LogP contribution is 2.24. The van der Waals surface area contributed by atoms with Crippen LogP contribution < -0.4 is 10.6 Å². The van der Waals surface area contributed by atoms with E-state index in [0.29, 0.717) is 6.54 Å². The van der Waals surface area contributed by atoms with Gasteiger partial charge < -0.3 is 10.6 Å². The standard InChI is InChI=1S/C14H20FN3O/c1-10(11-4-3-5-12(15)8-11)18-7-6-17-9-13(18)14(19)16-2/h3-5,8,10,13,17H,6-7,9H2,1-2H3,(H,16,19). The van der Waals surface area contributed by atoms with Gasteiger partial charge in [-0.25, -0.2) is 4.39 Å². The molecule has 1 fully saturated rings. The molecule has 1 aliphatic rings. The van der Waals surface area contributed by atoms with Gasteiger partial charge in [-0.15, -0.1) is 0 Å². The summed E-state index contributed by atoms with van der Waals surface area (Å²) < 4.78 is 13.3. The molecule has 1 saturated heterocycles. The first-order valence-corrected chi connectivity index (χ1v) is 6.57. The minimum absolute atomic E-state index is 0.00421. The monoisotopic (exact) mass is 265 g/mol. The lowest BCUT2D eigenvalue weighted by Gasteiger charge is -2.39. The Kier molecular flexibility index (Phi) is 4.50. The van der Waals surface area contributed by atoms with E-state index in [4.69, 9.17) is 0 Å². The van der Waals surface area contributed by atoms with Crippen LogP contribution in [0.1, 0.15) is 18.5 Å². The van der Waals surface area contributed by atoms with E-state index >= 15 is 0 Å². The first-order valence-electron chi connectivity index (χ1n) is 6.57. The maximum atomic E-state index is 13.3. The number of carbonyl (C=O) groups is 1. The normalized spacial score (nSPS) is 21.9. The number of hydrogen-bond donors (Lipinski definition) is 2. The van der Waals surface area contributed by atoms with Gasteiger partial charge in [0.1, 0.15) is 11.9 Å². The van der Waals surface area contributed by atoms with Gasteiger partial charge >= 0.3 is 0 Å². The Labute approximate surface area is 113 Å². The van der Waals surface area contributed by atoms with Gasteiger partial charge in [-0.05, 0) is 24.6 Å². The van der Waals surface area contributed by atoms with Gasteiger partial charge in [0.15, 0.2) is 0 Å². The third-order valence-electron chi connectivity index (χ3n) is 3.66. The molecule has 2 unspecified atom stereocenters. The van der Waals surface area contributed by atoms with E-state index in [0.717, 1.165) is 18.7 Å². The molecular formula is C14H20FN3O. The molecule has 104 valence electrons. The molecular weight excluding hydrogens is 245 g/mol. The van der Waals surface area contributed by atoms with Crippen molar-refractivity contribution in [1.82, 2.24) is 15.5 Å². The molecule has 5 heteroatoms. The number of hydrogen-bond acceptors (Lipinski definition) is 3. The minimum Gasteiger partial charge on any atom is -0.358 e. The Bertz CT molecular complexity index is 452. The molecule has 1 aliphatic heterocycles. The topological polar surface area (TPSA) is 44.4 Å². The van der Waals surface area contributed by atoms with Crippen LogP contribution in [0.25, 0.3) is 0 Å². The van der Waals surface area contributed by atoms with Crippen LogP contribution in [0.5, 0.6) is 0 Å². The number of nitrogens with zero attached hydrogens (tertiary/aromatic N) is 1. The highest BCUT2D eigenvalue weighted by molar-refractivity contribution is 5.81. The summed E-state index contributed by atoms with van der Waals surface area (Å²) >= 11 is 0. The van der Waals surface area contributed by atoms with Crippen molar-refractivity contribution in [3.8, 4) is 0 Å². The van der Waals surface area contributed by atoms with Crippen molar-refractivity contribution >= 4 is 5.91 Å². The van der Waals surface area contributed by atoms with Gasteiger partial charge in [-0.3, -0.25) is 9.69 Å². The van der Waals surface area contributed by atoms with Crippen LogP contribution in [0.2, 0.25) is 0 Å². The van der Waals surface area contributed by atoms with Crippen molar-refractivity contribution in [2.75, 3.05) is 26.7 Å². The fourth-order valence-corrected chi connectivity index (χ4v) is 2.55. The maximum absolute atomic E-state index is 13.3. The van der Waals surface area contributed by atoms with Crippen molar-refractivity contribution in [2.45, 2.75) is 19.0 Å². The van der Waals surface area contributed by atoms with E-state index in [-0.39, 0.29) is 23.8 Å². The number of piperazine rings is 1. The lowest BCUT2D eigenvalue weighted by molar-refractivity contribution is -0.127. The van der Waals surface area contributed by atoms with Gasteiger partial charge in [0, 0.05) is 32.7 Å². The zero-order chi connectivity index (χ0) is 13.8. The SMILES string of the molecule is CNC(=O)C1CNCCN1C(C)c1cccc(F)c1. The van der Waals surface area contributed by atoms with Gasteiger partial charge in [0.25, 0.3) is 0 Å². The lowest BCUT2D eigenvalue weighted by atomic mass is 10.0. The Morgan fingerprint density at radius 2 is 2.37 bits per heavy atom. The van der Waals surface area contributed by atoms with E-state index in [1.807, 2.05) is 13.0 Å². The smallest absolute Gasteiger partial charge is 0.238 e. The first-order chi connectivity index (χ1) is 9.13. The van der Waals surface area contributed by atoms with Gasteiger partial charge in [0.2, 0.25) is 5.91 Å². The number of nitrogens with one attached hydrogen (secondary N) is 2. The number of likely N-dealkylation sites (N-methyl/N-ethyl adjacent to an activating group) is 1. The fraction of sp³-hybridized carbons (Fsp3) is 0.500. The second-order valence-corrected chi connectivity index (χ2v) is 4.80. The Morgan fingerprint density at radius 1 is 1.58 bits per heavy atom. The molecule has 0 radical (unpaired) electrons. The van der Waals surface area contributed by atoms with Crippen LogP contribution in [0.3, 0.4) is 0 Å². The maximum Gasteiger partial charge on any atom is 0.238 e. The van der Waals surface area contributed by atoms with E-state index in [2.05, 4.69) is 15.5 Å². The van der Waals surface area contributed by atoms with Crippen LogP contribution in [0.4, 0.5) is 4.39 Å². The molecule has 1 amide bonds. The quantitative estimate of drug-likeness (QED) is 0.853. The third kappa shape index (κ3) is 3.11. The average Bonchev–Trinajstić information content (AvgIpc) is 2.45. The van der Waals surface area contributed by atoms with Crippen LogP contribution in [-0.4, -0.2) is 43.5 Å². The molecule has 0 saturated carbocycles. The molecule has 0 bridgehead atoms. The Hall–Kier alpha value is -1.46. The molecule has 2 rings (SSSR count). The van der Waals surface area contributed by atoms with Gasteiger partial charge in [-0.2, -0.15) is 0 Å². The minimum atomic E-state index is -0.240. The van der Waals surface area contributed by atoms with Crippen molar-refractivity contribution in [3.05, 3.63) is 35.6 Å². The van der Waals surface area contributed by atoms with Crippen LogP contribution >= 0.6 is 0 Å². The van der Waals surface area contributed by atoms with E-state index in [1.54, 1.807) is 13.1 Å². The predicted molar refractivity (Wildman–Crippen MR) is 72.2 cm³/mol. The number of halogens is 1. The van der Waals surface area contributed by atoms with Crippen LogP contribution in [0, 0.1) is 5.82 Å². The fourth-order valence-electron chi connectivity index (χ4n) is 2.55. The number of amides is 1. The zero-order valence-corrected chi connectivity index (χ0v) is 11.3. The van der Waals surface area contributed by atoms with Crippen molar-refractivity contribution in [3.63, 3.8) is 0 Å². The second kappa shape index (κ2) is 6.12. The Morgan fingerprint density at radius 3 is 3.05 bits per heavy atom. The number of rotatable bonds is 3. The van der Waals surface area contributed by atoms with Gasteiger partial charge in [0.05, 0.1) is 0 Å². The largest absolute Gasteiger partial charge is 0.358 e. The van der Waals surface area contributed by atoms with Gasteiger partial charge in [-0.1, -0.05) is 12.1 Å². The highest BCUT2D eigenvalue weighted by Gasteiger charge is 2.31. The molecule has 2 N–H and O–H groups in total. The number of benzene rings is 1. The molecule has 1 heterocycles. The summed E-state index contributed by atoms with van der Waals surface area (Å²) in [5.74, 6) is -0.244. The summed E-state index contributed by atoms with van der Waals surface area (Å²) in [7, 11) is 1.64. The predicted octanol–water partition coefficient (Wildman–Crippen LogP) is 0.907. The summed E-state index contributed by atoms with van der Waals surface area (Å²) in [5, 5.41) is 5.91. The lowest BCUT2D eigenvalue weighted by Crippen LogP contribution is -2.57. The zero-order valence-electron chi connectivity index (χ0n) is 11.3. The first kappa shape index (κ1) is 14.0. The molecule has 0 aliphatic carbocycles. The summed E-state index contributed by atoms with van der Waals surface area (Å²) in [6.45, 7) is 4.25. The summed E-state index contributed by atoms with van der Waals surface area (Å²) in [4.78, 5) is 14.0. The molecule has 1 aromatic rings. The highest BCUT2D eigenvalue weighted by atomic mass is 19.1. The van der Waals surface area contributed by atoms with Crippen molar-refractivity contribution in [1.29, 1.82) is 0 Å². The number of carbonyl (C=O) groups excluding carboxylic acids is 1. The van der Waals surface area contributed by atoms with E-state index in [1.165, 1.54) is 12.1 Å². The molecule has 4 nitrogen and oxygen atoms in total. The molecule has 2 atom stereocenters. The summed E-state index contributed by atoms with van der Waals surface area (Å²) in [6.07, 6.45) is 0. The molecule has 0 spiro atoms. The average molecular weight is 265 g/mol. The van der Waals surface area contributed by atoms with Crippen molar-refractivity contribution in [2.24, 2.45) is 0 Å². The molecule has 19 heavy (non-hydrogen) atoms. The summed E-state index contributed by atoms with van der Waals surface area (Å²) in [6, 6.07) is 6.38. The second-order valence-electron chi connectivity index (χ2n) is 4.80. The Balaban J connectivity index is 2.19. The van der Waals surface area contributed by atoms with E-state index < -0.39 is 0 Å². The molecule has 1 aromatic carbocycles. The third-order valence-corrected chi connectivity index (χ3v) is 3.66. The van der Waals surface area contributed by atoms with Crippen molar-refractivity contribution < 1.29 is 9.18 Å². The molecule has 0 aromatic heterocycles. The van der Waals surface area contributed by atoms with Crippen LogP contribution in [-0.2, 0) is 4.79 Å². The van der Waals surface area contributed by atoms with Crippen LogP contribution in [0.15, 0.2) is 24.3 Å². The summed E-state index contributed by atoms with van der Waals surface area (Å²) in [5.41, 5.74) is 0.899.